The van der Waals surface area contributed by atoms with E-state index in [2.05, 4.69) is 0 Å². The zero-order valence-corrected chi connectivity index (χ0v) is 5.63. The normalized spacial score (nSPS) is 17.4. The fourth-order valence-electron chi connectivity index (χ4n) is 0.103. The molecule has 3 heteroatoms. The molecular formula is C4H8FNSi. The fraction of sp³-hybridized carbons (Fsp3) is 0.750. The predicted molar refractivity (Wildman–Crippen MR) is 29.2 cm³/mol. The average molecular weight is 117 g/mol. The van der Waals surface area contributed by atoms with E-state index in [1.165, 1.54) is 6.55 Å². The molecule has 7 heavy (non-hydrogen) atoms. The third-order valence-corrected chi connectivity index (χ3v) is 2.42. The monoisotopic (exact) mass is 117 g/mol. The number of hydrogen-bond donors (Lipinski definition) is 0. The van der Waals surface area contributed by atoms with Gasteiger partial charge in [-0.05, 0) is 13.5 Å². The Hall–Kier alpha value is -0.363. The van der Waals surface area contributed by atoms with Crippen LogP contribution in [0.15, 0.2) is 0 Å². The Morgan fingerprint density at radius 1 is 1.86 bits per heavy atom. The van der Waals surface area contributed by atoms with E-state index in [4.69, 9.17) is 5.26 Å². The molecule has 2 unspecified atom stereocenters. The van der Waals surface area contributed by atoms with Crippen LogP contribution in [-0.4, -0.2) is 9.13 Å². The van der Waals surface area contributed by atoms with E-state index < -0.39 is 9.13 Å². The lowest BCUT2D eigenvalue weighted by Crippen LogP contribution is -2.03. The lowest BCUT2D eigenvalue weighted by Gasteiger charge is -1.95. The van der Waals surface area contributed by atoms with Crippen LogP contribution in [-0.2, 0) is 0 Å². The van der Waals surface area contributed by atoms with Gasteiger partial charge in [0.05, 0.1) is 11.6 Å². The molecule has 0 spiro atoms. The molecule has 0 radical (unpaired) electrons. The van der Waals surface area contributed by atoms with Crippen molar-refractivity contribution in [1.29, 1.82) is 5.26 Å². The van der Waals surface area contributed by atoms with Crippen LogP contribution in [0.1, 0.15) is 6.92 Å². The van der Waals surface area contributed by atoms with Gasteiger partial charge < -0.3 is 4.11 Å². The van der Waals surface area contributed by atoms with Crippen LogP contribution in [0.3, 0.4) is 0 Å². The topological polar surface area (TPSA) is 23.8 Å². The predicted octanol–water partition coefficient (Wildman–Crippen LogP) is 1.22. The van der Waals surface area contributed by atoms with Crippen molar-refractivity contribution in [1.82, 2.24) is 0 Å². The van der Waals surface area contributed by atoms with Crippen molar-refractivity contribution in [2.75, 3.05) is 0 Å². The van der Waals surface area contributed by atoms with Gasteiger partial charge in [-0.15, -0.1) is 0 Å². The lowest BCUT2D eigenvalue weighted by molar-refractivity contribution is 0.809. The molecular weight excluding hydrogens is 109 g/mol. The van der Waals surface area contributed by atoms with Gasteiger partial charge >= 0.3 is 0 Å². The molecule has 0 aromatic heterocycles. The number of nitrogens with zero attached hydrogens (tertiary/aromatic N) is 1. The smallest absolute Gasteiger partial charge is 0.245 e. The molecule has 0 heterocycles. The Morgan fingerprint density at radius 3 is 2.29 bits per heavy atom. The highest BCUT2D eigenvalue weighted by molar-refractivity contribution is 6.52. The fourth-order valence-corrected chi connectivity index (χ4v) is 0.308. The van der Waals surface area contributed by atoms with Crippen LogP contribution >= 0.6 is 0 Å². The van der Waals surface area contributed by atoms with Crippen LogP contribution < -0.4 is 0 Å². The summed E-state index contributed by atoms with van der Waals surface area (Å²) in [4.78, 5) is 0. The van der Waals surface area contributed by atoms with Crippen molar-refractivity contribution >= 4 is 9.13 Å². The van der Waals surface area contributed by atoms with Crippen molar-refractivity contribution < 1.29 is 4.11 Å². The van der Waals surface area contributed by atoms with Gasteiger partial charge in [0, 0.05) is 0 Å². The van der Waals surface area contributed by atoms with E-state index in [9.17, 15) is 4.11 Å². The standard InChI is InChI=1S/C4H8FNSi/c1-4(3-6)7(2)5/h4,7H,1-2H3. The van der Waals surface area contributed by atoms with Crippen LogP contribution in [0.2, 0.25) is 12.1 Å². The Morgan fingerprint density at radius 2 is 2.29 bits per heavy atom. The van der Waals surface area contributed by atoms with E-state index in [1.54, 1.807) is 6.92 Å². The molecule has 0 aromatic rings. The number of halogens is 1. The molecule has 0 amide bonds. The van der Waals surface area contributed by atoms with Gasteiger partial charge in [0.2, 0.25) is 9.13 Å². The van der Waals surface area contributed by atoms with E-state index in [0.717, 1.165) is 0 Å². The number of rotatable bonds is 1. The third kappa shape index (κ3) is 2.35. The molecule has 1 nitrogen and oxygen atoms in total. The first-order chi connectivity index (χ1) is 3.18. The van der Waals surface area contributed by atoms with Crippen molar-refractivity contribution in [3.05, 3.63) is 0 Å². The van der Waals surface area contributed by atoms with E-state index >= 15 is 0 Å². The SMILES string of the molecule is CC(C#N)[SiH](C)F. The Kier molecular flexibility index (Phi) is 2.61. The first-order valence-corrected chi connectivity index (χ1v) is 4.48. The molecule has 2 atom stereocenters. The molecule has 0 aliphatic rings. The van der Waals surface area contributed by atoms with Crippen LogP contribution in [0, 0.1) is 11.3 Å². The van der Waals surface area contributed by atoms with Gasteiger partial charge in [0.25, 0.3) is 0 Å². The zero-order valence-electron chi connectivity index (χ0n) is 4.48. The molecule has 0 N–H and O–H groups in total. The van der Waals surface area contributed by atoms with Crippen molar-refractivity contribution in [2.24, 2.45) is 0 Å². The second kappa shape index (κ2) is 2.75. The summed E-state index contributed by atoms with van der Waals surface area (Å²) in [6.45, 7) is 3.14. The van der Waals surface area contributed by atoms with Gasteiger partial charge in [-0.2, -0.15) is 5.26 Å². The largest absolute Gasteiger partial charge is 0.317 e. The Bertz CT molecular complexity index is 86.2. The maximum absolute atomic E-state index is 12.0. The minimum absolute atomic E-state index is 0.319. The van der Waals surface area contributed by atoms with Crippen LogP contribution in [0.4, 0.5) is 4.11 Å². The third-order valence-electron chi connectivity index (χ3n) is 0.893. The van der Waals surface area contributed by atoms with E-state index in [0.29, 0.717) is 0 Å². The van der Waals surface area contributed by atoms with Gasteiger partial charge in [-0.3, -0.25) is 0 Å². The number of hydrogen-bond acceptors (Lipinski definition) is 1. The summed E-state index contributed by atoms with van der Waals surface area (Å²) in [5.74, 6) is 0. The average Bonchev–Trinajstić information content (AvgIpc) is 1.65. The van der Waals surface area contributed by atoms with E-state index in [1.807, 2.05) is 6.07 Å². The minimum Gasteiger partial charge on any atom is -0.317 e. The van der Waals surface area contributed by atoms with Gasteiger partial charge in [-0.1, -0.05) is 0 Å². The van der Waals surface area contributed by atoms with Crippen molar-refractivity contribution in [2.45, 2.75) is 19.0 Å². The Labute approximate surface area is 44.5 Å². The summed E-state index contributed by atoms with van der Waals surface area (Å²) in [7, 11) is -2.13. The molecule has 0 aliphatic heterocycles. The molecule has 0 saturated heterocycles. The van der Waals surface area contributed by atoms with Crippen molar-refractivity contribution in [3.8, 4) is 6.07 Å². The highest BCUT2D eigenvalue weighted by atomic mass is 28.3. The highest BCUT2D eigenvalue weighted by Crippen LogP contribution is 2.06. The first-order valence-electron chi connectivity index (χ1n) is 2.22. The zero-order chi connectivity index (χ0) is 5.86. The molecule has 0 bridgehead atoms. The maximum atomic E-state index is 12.0. The summed E-state index contributed by atoms with van der Waals surface area (Å²) in [5.41, 5.74) is -0.319. The van der Waals surface area contributed by atoms with Gasteiger partial charge in [-0.25, -0.2) is 0 Å². The summed E-state index contributed by atoms with van der Waals surface area (Å²) < 4.78 is 12.0. The highest BCUT2D eigenvalue weighted by Gasteiger charge is 2.10. The molecule has 0 fully saturated rings. The molecule has 0 aromatic carbocycles. The number of nitriles is 1. The lowest BCUT2D eigenvalue weighted by atomic mass is 10.5. The van der Waals surface area contributed by atoms with E-state index in [-0.39, 0.29) is 5.54 Å². The molecule has 40 valence electrons. The molecule has 0 rings (SSSR count). The summed E-state index contributed by atoms with van der Waals surface area (Å²) in [6, 6.07) is 1.85. The Balaban J connectivity index is 3.40. The summed E-state index contributed by atoms with van der Waals surface area (Å²) in [6.07, 6.45) is 0. The van der Waals surface area contributed by atoms with Gasteiger partial charge in [0.15, 0.2) is 0 Å². The quantitative estimate of drug-likeness (QED) is 0.374. The summed E-state index contributed by atoms with van der Waals surface area (Å²) >= 11 is 0. The first kappa shape index (κ1) is 6.64. The molecule has 0 saturated carbocycles. The second-order valence-electron chi connectivity index (χ2n) is 1.60. The minimum atomic E-state index is -2.13. The van der Waals surface area contributed by atoms with Gasteiger partial charge in [0.1, 0.15) is 0 Å². The second-order valence-corrected chi connectivity index (χ2v) is 3.95. The van der Waals surface area contributed by atoms with Crippen molar-refractivity contribution in [3.63, 3.8) is 0 Å². The van der Waals surface area contributed by atoms with Crippen LogP contribution in [0.25, 0.3) is 0 Å². The molecule has 0 aliphatic carbocycles. The summed E-state index contributed by atoms with van der Waals surface area (Å²) in [5, 5.41) is 8.05. The van der Waals surface area contributed by atoms with Crippen LogP contribution in [0.5, 0.6) is 0 Å². The maximum Gasteiger partial charge on any atom is 0.245 e.